The van der Waals surface area contributed by atoms with E-state index in [0.29, 0.717) is 11.8 Å². The molecule has 3 saturated heterocycles. The quantitative estimate of drug-likeness (QED) is 0.651. The number of carbonyl (C=O) groups excluding carboxylic acids is 1. The maximum absolute atomic E-state index is 12.0. The third kappa shape index (κ3) is 3.32. The number of quaternary nitrogens is 1. The second-order valence-electron chi connectivity index (χ2n) is 7.72. The number of fused-ring (bicyclic) bond motifs is 4. The highest BCUT2D eigenvalue weighted by atomic mass is 16.5. The van der Waals surface area contributed by atoms with Crippen LogP contribution in [0.4, 0.5) is 0 Å². The van der Waals surface area contributed by atoms with E-state index in [0.717, 1.165) is 41.7 Å². The van der Waals surface area contributed by atoms with Crippen LogP contribution in [0.1, 0.15) is 31.4 Å². The number of pyridine rings is 1. The fraction of sp³-hybridized carbons (Fsp3) is 0.455. The number of nitrogens with zero attached hydrogens (tertiary/aromatic N) is 1. The average molecular weight is 367 g/mol. The lowest BCUT2D eigenvalue weighted by molar-refractivity contribution is -0.949. The molecule has 5 atom stereocenters. The van der Waals surface area contributed by atoms with Gasteiger partial charge < -0.3 is 14.4 Å². The summed E-state index contributed by atoms with van der Waals surface area (Å²) in [6.45, 7) is 7.72. The lowest BCUT2D eigenvalue weighted by atomic mass is 9.73. The molecular weight excluding hydrogens is 340 g/mol. The molecule has 2 bridgehead atoms. The van der Waals surface area contributed by atoms with Crippen LogP contribution in [0.5, 0.6) is 5.75 Å². The first-order chi connectivity index (χ1) is 13.1. The standard InChI is InChI=1S/C22H26N2O3/c1-4-15-13-24-10-8-16(15)11-21(24)22(27-14(2)25)18-7-9-23-20-6-5-17(26-3)12-19(18)20/h4-7,9,12,15-16,21-22H,1,8,10-11,13H2,2-3H3/p+1/t15-,16-,21-,22-/m0/s1. The predicted molar refractivity (Wildman–Crippen MR) is 104 cm³/mol. The molecule has 1 N–H and O–H groups in total. The Morgan fingerprint density at radius 1 is 1.41 bits per heavy atom. The molecule has 0 amide bonds. The first-order valence-electron chi connectivity index (χ1n) is 9.67. The summed E-state index contributed by atoms with van der Waals surface area (Å²) in [7, 11) is 1.66. The molecule has 27 heavy (non-hydrogen) atoms. The smallest absolute Gasteiger partial charge is 0.303 e. The Bertz CT molecular complexity index is 866. The summed E-state index contributed by atoms with van der Waals surface area (Å²) in [4.78, 5) is 18.0. The van der Waals surface area contributed by atoms with E-state index < -0.39 is 0 Å². The molecule has 1 aromatic heterocycles. The van der Waals surface area contributed by atoms with Crippen molar-refractivity contribution in [3.63, 3.8) is 0 Å². The van der Waals surface area contributed by atoms with Gasteiger partial charge in [0.15, 0.2) is 6.10 Å². The van der Waals surface area contributed by atoms with E-state index in [2.05, 4.69) is 17.6 Å². The topological polar surface area (TPSA) is 52.9 Å². The van der Waals surface area contributed by atoms with Gasteiger partial charge in [0.25, 0.3) is 0 Å². The number of aromatic nitrogens is 1. The van der Waals surface area contributed by atoms with Gasteiger partial charge in [0.1, 0.15) is 11.8 Å². The minimum absolute atomic E-state index is 0.241. The van der Waals surface area contributed by atoms with E-state index in [1.54, 1.807) is 13.3 Å². The molecule has 3 fully saturated rings. The molecule has 142 valence electrons. The normalized spacial score (nSPS) is 27.9. The molecule has 1 unspecified atom stereocenters. The number of hydrogen-bond donors (Lipinski definition) is 1. The van der Waals surface area contributed by atoms with E-state index in [-0.39, 0.29) is 18.1 Å². The summed E-state index contributed by atoms with van der Waals surface area (Å²) in [5.41, 5.74) is 1.91. The van der Waals surface area contributed by atoms with Crippen molar-refractivity contribution in [1.29, 1.82) is 0 Å². The number of rotatable bonds is 5. The monoisotopic (exact) mass is 367 g/mol. The van der Waals surface area contributed by atoms with Gasteiger partial charge in [-0.1, -0.05) is 6.08 Å². The van der Waals surface area contributed by atoms with Gasteiger partial charge in [0.2, 0.25) is 0 Å². The molecule has 0 spiro atoms. The Labute approximate surface area is 160 Å². The molecule has 1 aromatic carbocycles. The fourth-order valence-electron chi connectivity index (χ4n) is 4.95. The maximum atomic E-state index is 12.0. The van der Waals surface area contributed by atoms with Crippen LogP contribution >= 0.6 is 0 Å². The number of ether oxygens (including phenoxy) is 2. The van der Waals surface area contributed by atoms with E-state index in [9.17, 15) is 4.79 Å². The van der Waals surface area contributed by atoms with Gasteiger partial charge in [-0.05, 0) is 30.2 Å². The van der Waals surface area contributed by atoms with Crippen LogP contribution in [0.25, 0.3) is 10.9 Å². The number of carbonyl (C=O) groups is 1. The molecule has 5 heteroatoms. The number of nitrogens with one attached hydrogen (secondary N) is 1. The van der Waals surface area contributed by atoms with Crippen LogP contribution in [-0.2, 0) is 9.53 Å². The SMILES string of the molecule is C=C[C@H]1C[NH+]2CC[C@H]1C[C@H]2[C@@H](OC(C)=O)c1ccnc2ccc(OC)cc12. The van der Waals surface area contributed by atoms with Gasteiger partial charge >= 0.3 is 5.97 Å². The highest BCUT2D eigenvalue weighted by Crippen LogP contribution is 2.36. The summed E-state index contributed by atoms with van der Waals surface area (Å²) in [6, 6.07) is 8.11. The Morgan fingerprint density at radius 3 is 2.93 bits per heavy atom. The van der Waals surface area contributed by atoms with Gasteiger partial charge in [-0.2, -0.15) is 0 Å². The zero-order chi connectivity index (χ0) is 19.0. The van der Waals surface area contributed by atoms with Gasteiger partial charge in [-0.15, -0.1) is 6.58 Å². The minimum atomic E-state index is -0.274. The van der Waals surface area contributed by atoms with E-state index in [1.807, 2.05) is 24.3 Å². The van der Waals surface area contributed by atoms with Crippen molar-refractivity contribution in [3.05, 3.63) is 48.7 Å². The molecule has 0 aliphatic carbocycles. The van der Waals surface area contributed by atoms with Gasteiger partial charge in [0, 0.05) is 42.8 Å². The number of piperidine rings is 3. The Kier molecular flexibility index (Phi) is 4.87. The largest absolute Gasteiger partial charge is 0.497 e. The molecule has 0 radical (unpaired) electrons. The summed E-state index contributed by atoms with van der Waals surface area (Å²) >= 11 is 0. The van der Waals surface area contributed by atoms with E-state index >= 15 is 0 Å². The van der Waals surface area contributed by atoms with Crippen LogP contribution in [0, 0.1) is 11.8 Å². The van der Waals surface area contributed by atoms with Crippen molar-refractivity contribution in [2.75, 3.05) is 20.2 Å². The van der Waals surface area contributed by atoms with Crippen molar-refractivity contribution < 1.29 is 19.2 Å². The number of esters is 1. The number of benzene rings is 1. The van der Waals surface area contributed by atoms with Gasteiger partial charge in [-0.25, -0.2) is 0 Å². The van der Waals surface area contributed by atoms with Crippen molar-refractivity contribution in [2.45, 2.75) is 31.9 Å². The average Bonchev–Trinajstić information content (AvgIpc) is 2.71. The Balaban J connectivity index is 1.76. The first kappa shape index (κ1) is 18.0. The fourth-order valence-corrected chi connectivity index (χ4v) is 4.95. The lowest BCUT2D eigenvalue weighted by Gasteiger charge is -2.48. The summed E-state index contributed by atoms with van der Waals surface area (Å²) in [5.74, 6) is 1.74. The lowest BCUT2D eigenvalue weighted by Crippen LogP contribution is -3.20. The van der Waals surface area contributed by atoms with Crippen LogP contribution < -0.4 is 9.64 Å². The van der Waals surface area contributed by atoms with Crippen molar-refractivity contribution in [2.24, 2.45) is 11.8 Å². The third-order valence-electron chi connectivity index (χ3n) is 6.27. The molecular formula is C22H27N2O3+. The minimum Gasteiger partial charge on any atom is -0.497 e. The maximum Gasteiger partial charge on any atom is 0.303 e. The first-order valence-corrected chi connectivity index (χ1v) is 9.67. The molecule has 4 heterocycles. The number of hydrogen-bond acceptors (Lipinski definition) is 4. The molecule has 3 aliphatic heterocycles. The van der Waals surface area contributed by atoms with Crippen molar-refractivity contribution in [3.8, 4) is 5.75 Å². The Hall–Kier alpha value is -2.40. The van der Waals surface area contributed by atoms with Crippen LogP contribution in [0.15, 0.2) is 43.1 Å². The summed E-state index contributed by atoms with van der Waals surface area (Å²) in [6.07, 6.45) is 5.91. The molecule has 3 aliphatic rings. The van der Waals surface area contributed by atoms with Crippen LogP contribution in [-0.4, -0.2) is 37.2 Å². The Morgan fingerprint density at radius 2 is 2.26 bits per heavy atom. The predicted octanol–water partition coefficient (Wildman–Crippen LogP) is 2.33. The highest BCUT2D eigenvalue weighted by Gasteiger charge is 2.47. The van der Waals surface area contributed by atoms with E-state index in [1.165, 1.54) is 18.2 Å². The van der Waals surface area contributed by atoms with Crippen molar-refractivity contribution >= 4 is 16.9 Å². The highest BCUT2D eigenvalue weighted by molar-refractivity contribution is 5.84. The molecule has 5 rings (SSSR count). The molecule has 0 saturated carbocycles. The third-order valence-corrected chi connectivity index (χ3v) is 6.27. The second kappa shape index (κ2) is 7.31. The zero-order valence-corrected chi connectivity index (χ0v) is 16.0. The molecule has 2 aromatic rings. The zero-order valence-electron chi connectivity index (χ0n) is 16.0. The second-order valence-corrected chi connectivity index (χ2v) is 7.72. The van der Waals surface area contributed by atoms with Crippen molar-refractivity contribution in [1.82, 2.24) is 4.98 Å². The van der Waals surface area contributed by atoms with E-state index in [4.69, 9.17) is 9.47 Å². The van der Waals surface area contributed by atoms with Crippen LogP contribution in [0.2, 0.25) is 0 Å². The number of methoxy groups -OCH3 is 1. The molecule has 5 nitrogen and oxygen atoms in total. The van der Waals surface area contributed by atoms with Crippen LogP contribution in [0.3, 0.4) is 0 Å². The van der Waals surface area contributed by atoms with Gasteiger partial charge in [-0.3, -0.25) is 9.78 Å². The summed E-state index contributed by atoms with van der Waals surface area (Å²) in [5, 5.41) is 0.991. The van der Waals surface area contributed by atoms with Gasteiger partial charge in [0.05, 0.1) is 25.7 Å². The summed E-state index contributed by atoms with van der Waals surface area (Å²) < 4.78 is 11.3.